The third kappa shape index (κ3) is 5.20. The van der Waals surface area contributed by atoms with Crippen molar-refractivity contribution in [2.75, 3.05) is 24.2 Å². The first-order valence-electron chi connectivity index (χ1n) is 6.68. The average Bonchev–Trinajstić information content (AvgIpc) is 2.37. The van der Waals surface area contributed by atoms with E-state index >= 15 is 0 Å². The molecule has 0 fully saturated rings. The molecule has 0 bridgehead atoms. The quantitative estimate of drug-likeness (QED) is 0.798. The summed E-state index contributed by atoms with van der Waals surface area (Å²) >= 11 is 0. The van der Waals surface area contributed by atoms with Crippen LogP contribution in [0.15, 0.2) is 29.2 Å². The zero-order chi connectivity index (χ0) is 14.3. The minimum absolute atomic E-state index is 0.133. The summed E-state index contributed by atoms with van der Waals surface area (Å²) < 4.78 is 29.1. The Morgan fingerprint density at radius 1 is 1.21 bits per heavy atom. The van der Waals surface area contributed by atoms with Crippen molar-refractivity contribution < 1.29 is 13.2 Å². The van der Waals surface area contributed by atoms with E-state index in [0.717, 1.165) is 5.69 Å². The number of rotatable bonds is 8. The zero-order valence-corrected chi connectivity index (χ0v) is 12.7. The molecule has 0 heterocycles. The van der Waals surface area contributed by atoms with Gasteiger partial charge >= 0.3 is 0 Å². The van der Waals surface area contributed by atoms with Crippen molar-refractivity contribution >= 4 is 15.5 Å². The number of ether oxygens (including phenoxy) is 1. The lowest BCUT2D eigenvalue weighted by Gasteiger charge is -2.13. The number of benzene rings is 1. The molecular weight excluding hydrogens is 262 g/mol. The number of sulfone groups is 1. The lowest BCUT2D eigenvalue weighted by atomic mass is 10.3. The monoisotopic (exact) mass is 285 g/mol. The second kappa shape index (κ2) is 7.50. The standard InChI is InChI=1S/C14H23NO3S/c1-4-10-19(16,17)14-8-6-13(7-9-14)15-11-12(3)18-5-2/h6-9,12,15H,4-5,10-11H2,1-3H3. The van der Waals surface area contributed by atoms with Crippen LogP contribution in [-0.2, 0) is 14.6 Å². The van der Waals surface area contributed by atoms with Gasteiger partial charge in [-0.3, -0.25) is 0 Å². The highest BCUT2D eigenvalue weighted by atomic mass is 32.2. The molecule has 0 spiro atoms. The fraction of sp³-hybridized carbons (Fsp3) is 0.571. The van der Waals surface area contributed by atoms with Crippen LogP contribution in [0.4, 0.5) is 5.69 Å². The fourth-order valence-electron chi connectivity index (χ4n) is 1.77. The zero-order valence-electron chi connectivity index (χ0n) is 11.8. The maximum Gasteiger partial charge on any atom is 0.178 e. The normalized spacial score (nSPS) is 13.2. The van der Waals surface area contributed by atoms with Gasteiger partial charge in [0.25, 0.3) is 0 Å². The molecule has 0 aliphatic rings. The molecule has 4 nitrogen and oxygen atoms in total. The van der Waals surface area contributed by atoms with Crippen LogP contribution in [0.3, 0.4) is 0 Å². The Balaban J connectivity index is 2.62. The Bertz CT molecular complexity index is 468. The summed E-state index contributed by atoms with van der Waals surface area (Å²) in [5, 5.41) is 3.22. The molecule has 1 N–H and O–H groups in total. The molecule has 5 heteroatoms. The van der Waals surface area contributed by atoms with E-state index in [9.17, 15) is 8.42 Å². The van der Waals surface area contributed by atoms with Crippen LogP contribution >= 0.6 is 0 Å². The number of hydrogen-bond donors (Lipinski definition) is 1. The summed E-state index contributed by atoms with van der Waals surface area (Å²) in [6.45, 7) is 7.22. The average molecular weight is 285 g/mol. The first kappa shape index (κ1) is 16.0. The highest BCUT2D eigenvalue weighted by Crippen LogP contribution is 2.16. The van der Waals surface area contributed by atoms with E-state index in [4.69, 9.17) is 4.74 Å². The van der Waals surface area contributed by atoms with E-state index in [2.05, 4.69) is 5.32 Å². The van der Waals surface area contributed by atoms with Gasteiger partial charge in [0.05, 0.1) is 16.8 Å². The topological polar surface area (TPSA) is 55.4 Å². The van der Waals surface area contributed by atoms with Gasteiger partial charge in [-0.25, -0.2) is 8.42 Å². The van der Waals surface area contributed by atoms with Gasteiger partial charge in [-0.2, -0.15) is 0 Å². The first-order chi connectivity index (χ1) is 8.99. The number of hydrogen-bond acceptors (Lipinski definition) is 4. The molecule has 0 aromatic heterocycles. The Morgan fingerprint density at radius 3 is 2.37 bits per heavy atom. The molecule has 0 aliphatic heterocycles. The van der Waals surface area contributed by atoms with E-state index in [0.29, 0.717) is 24.5 Å². The molecule has 1 aromatic carbocycles. The molecule has 0 aliphatic carbocycles. The van der Waals surface area contributed by atoms with Crippen LogP contribution in [0.5, 0.6) is 0 Å². The summed E-state index contributed by atoms with van der Waals surface area (Å²) in [5.74, 6) is 0.196. The van der Waals surface area contributed by atoms with Gasteiger partial charge < -0.3 is 10.1 Å². The van der Waals surface area contributed by atoms with Gasteiger partial charge in [0.15, 0.2) is 9.84 Å². The van der Waals surface area contributed by atoms with Crippen LogP contribution in [0.25, 0.3) is 0 Å². The molecule has 0 radical (unpaired) electrons. The van der Waals surface area contributed by atoms with E-state index in [1.807, 2.05) is 20.8 Å². The maximum atomic E-state index is 11.9. The molecule has 19 heavy (non-hydrogen) atoms. The minimum atomic E-state index is -3.12. The van der Waals surface area contributed by atoms with Crippen LogP contribution in [0.2, 0.25) is 0 Å². The first-order valence-corrected chi connectivity index (χ1v) is 8.33. The van der Waals surface area contributed by atoms with Crippen molar-refractivity contribution in [2.45, 2.75) is 38.2 Å². The summed E-state index contributed by atoms with van der Waals surface area (Å²) in [6, 6.07) is 6.89. The van der Waals surface area contributed by atoms with E-state index in [-0.39, 0.29) is 11.9 Å². The summed E-state index contributed by atoms with van der Waals surface area (Å²) in [6.07, 6.45) is 0.766. The largest absolute Gasteiger partial charge is 0.382 e. The highest BCUT2D eigenvalue weighted by Gasteiger charge is 2.12. The predicted molar refractivity (Wildman–Crippen MR) is 78.4 cm³/mol. The summed E-state index contributed by atoms with van der Waals surface area (Å²) in [4.78, 5) is 0.387. The van der Waals surface area contributed by atoms with Gasteiger partial charge in [0, 0.05) is 18.8 Å². The third-order valence-electron chi connectivity index (χ3n) is 2.73. The molecule has 1 atom stereocenters. The van der Waals surface area contributed by atoms with Crippen molar-refractivity contribution in [3.63, 3.8) is 0 Å². The predicted octanol–water partition coefficient (Wildman–Crippen LogP) is 2.71. The van der Waals surface area contributed by atoms with Gasteiger partial charge in [-0.05, 0) is 44.5 Å². The lowest BCUT2D eigenvalue weighted by Crippen LogP contribution is -2.19. The molecule has 108 valence electrons. The fourth-order valence-corrected chi connectivity index (χ4v) is 3.10. The van der Waals surface area contributed by atoms with Crippen LogP contribution in [0.1, 0.15) is 27.2 Å². The summed E-state index contributed by atoms with van der Waals surface area (Å²) in [7, 11) is -3.12. The van der Waals surface area contributed by atoms with Crippen LogP contribution in [0, 0.1) is 0 Å². The van der Waals surface area contributed by atoms with E-state index in [1.165, 1.54) is 0 Å². The van der Waals surface area contributed by atoms with Gasteiger partial charge in [-0.1, -0.05) is 6.92 Å². The highest BCUT2D eigenvalue weighted by molar-refractivity contribution is 7.91. The van der Waals surface area contributed by atoms with E-state index < -0.39 is 9.84 Å². The Labute approximate surface area is 116 Å². The molecule has 1 aromatic rings. The van der Waals surface area contributed by atoms with Crippen LogP contribution < -0.4 is 5.32 Å². The SMILES string of the molecule is CCCS(=O)(=O)c1ccc(NCC(C)OCC)cc1. The van der Waals surface area contributed by atoms with Crippen molar-refractivity contribution in [1.82, 2.24) is 0 Å². The maximum absolute atomic E-state index is 11.9. The Morgan fingerprint density at radius 2 is 1.84 bits per heavy atom. The minimum Gasteiger partial charge on any atom is -0.382 e. The number of nitrogens with one attached hydrogen (secondary N) is 1. The van der Waals surface area contributed by atoms with Crippen molar-refractivity contribution in [3.8, 4) is 0 Å². The van der Waals surface area contributed by atoms with Crippen LogP contribution in [-0.4, -0.2) is 33.4 Å². The van der Waals surface area contributed by atoms with Gasteiger partial charge in [0.2, 0.25) is 0 Å². The lowest BCUT2D eigenvalue weighted by molar-refractivity contribution is 0.0855. The molecule has 0 amide bonds. The van der Waals surface area contributed by atoms with Crippen molar-refractivity contribution in [2.24, 2.45) is 0 Å². The molecule has 0 saturated carbocycles. The second-order valence-corrected chi connectivity index (χ2v) is 6.60. The molecule has 0 saturated heterocycles. The van der Waals surface area contributed by atoms with E-state index in [1.54, 1.807) is 24.3 Å². The smallest absolute Gasteiger partial charge is 0.178 e. The third-order valence-corrected chi connectivity index (χ3v) is 4.67. The molecular formula is C14H23NO3S. The van der Waals surface area contributed by atoms with Crippen molar-refractivity contribution in [3.05, 3.63) is 24.3 Å². The summed E-state index contributed by atoms with van der Waals surface area (Å²) in [5.41, 5.74) is 0.905. The van der Waals surface area contributed by atoms with Gasteiger partial charge in [-0.15, -0.1) is 0 Å². The molecule has 1 unspecified atom stereocenters. The Hall–Kier alpha value is -1.07. The van der Waals surface area contributed by atoms with Gasteiger partial charge in [0.1, 0.15) is 0 Å². The number of anilines is 1. The molecule has 1 rings (SSSR count). The second-order valence-electron chi connectivity index (χ2n) is 4.49. The Kier molecular flexibility index (Phi) is 6.31. The van der Waals surface area contributed by atoms with Crippen molar-refractivity contribution in [1.29, 1.82) is 0 Å².